The summed E-state index contributed by atoms with van der Waals surface area (Å²) in [6, 6.07) is 7.43. The second-order valence-corrected chi connectivity index (χ2v) is 5.00. The number of carbonyl (C=O) groups excluding carboxylic acids is 1. The maximum Gasteiger partial charge on any atom is 0.318 e. The van der Waals surface area contributed by atoms with Crippen LogP contribution < -0.4 is 0 Å². The summed E-state index contributed by atoms with van der Waals surface area (Å²) in [4.78, 5) is 16.1. The monoisotopic (exact) mass is 308 g/mol. The molecule has 1 unspecified atom stereocenters. The highest BCUT2D eigenvalue weighted by atomic mass is 35.5. The molecule has 1 heterocycles. The van der Waals surface area contributed by atoms with E-state index in [4.69, 9.17) is 20.9 Å². The largest absolute Gasteiger partial charge is 0.465 e. The Labute approximate surface area is 128 Å². The van der Waals surface area contributed by atoms with Crippen molar-refractivity contribution in [3.63, 3.8) is 0 Å². The van der Waals surface area contributed by atoms with Gasteiger partial charge in [-0.15, -0.1) is 0 Å². The van der Waals surface area contributed by atoms with E-state index >= 15 is 0 Å². The smallest absolute Gasteiger partial charge is 0.318 e. The first-order valence-corrected chi connectivity index (χ1v) is 7.25. The molecule has 0 aliphatic heterocycles. The highest BCUT2D eigenvalue weighted by Gasteiger charge is 2.26. The molecule has 5 nitrogen and oxygen atoms in total. The predicted octanol–water partition coefficient (Wildman–Crippen LogP) is 3.37. The molecule has 1 aromatic heterocycles. The molecule has 2 rings (SSSR count). The Bertz CT molecular complexity index is 595. The Balaban J connectivity index is 2.09. The number of rotatable bonds is 6. The summed E-state index contributed by atoms with van der Waals surface area (Å²) in [5.41, 5.74) is 1.02. The lowest BCUT2D eigenvalue weighted by molar-refractivity contribution is -0.145. The molecule has 1 atom stereocenters. The van der Waals surface area contributed by atoms with Crippen molar-refractivity contribution in [1.82, 2.24) is 10.1 Å². The van der Waals surface area contributed by atoms with Gasteiger partial charge in [0.05, 0.1) is 6.61 Å². The number of benzene rings is 1. The summed E-state index contributed by atoms with van der Waals surface area (Å²) >= 11 is 5.84. The fourth-order valence-corrected chi connectivity index (χ4v) is 2.08. The van der Waals surface area contributed by atoms with Crippen molar-refractivity contribution >= 4 is 17.6 Å². The van der Waals surface area contributed by atoms with Crippen molar-refractivity contribution in [1.29, 1.82) is 0 Å². The Morgan fingerprint density at radius 1 is 1.33 bits per heavy atom. The molecule has 0 saturated heterocycles. The number of hydrogen-bond donors (Lipinski definition) is 0. The van der Waals surface area contributed by atoms with Crippen LogP contribution in [0.25, 0.3) is 0 Å². The first-order valence-electron chi connectivity index (χ1n) is 6.87. The number of halogens is 1. The average molecular weight is 309 g/mol. The van der Waals surface area contributed by atoms with Gasteiger partial charge in [0.25, 0.3) is 0 Å². The Morgan fingerprint density at radius 3 is 2.67 bits per heavy atom. The quantitative estimate of drug-likeness (QED) is 0.765. The third-order valence-corrected chi connectivity index (χ3v) is 3.29. The molecule has 0 fully saturated rings. The van der Waals surface area contributed by atoms with Crippen molar-refractivity contribution in [3.8, 4) is 0 Å². The van der Waals surface area contributed by atoms with Gasteiger partial charge in [-0.3, -0.25) is 4.79 Å². The second kappa shape index (κ2) is 7.22. The maximum atomic E-state index is 11.8. The molecule has 0 aliphatic carbocycles. The van der Waals surface area contributed by atoms with E-state index in [2.05, 4.69) is 10.1 Å². The number of carbonyl (C=O) groups is 1. The van der Waals surface area contributed by atoms with Gasteiger partial charge in [0.2, 0.25) is 5.89 Å². The van der Waals surface area contributed by atoms with Crippen LogP contribution in [0.2, 0.25) is 5.02 Å². The van der Waals surface area contributed by atoms with E-state index in [9.17, 15) is 4.79 Å². The highest BCUT2D eigenvalue weighted by molar-refractivity contribution is 6.30. The first kappa shape index (κ1) is 15.5. The summed E-state index contributed by atoms with van der Waals surface area (Å²) in [5.74, 6) is 0.00750. The Hall–Kier alpha value is -1.88. The van der Waals surface area contributed by atoms with Gasteiger partial charge in [0, 0.05) is 11.4 Å². The van der Waals surface area contributed by atoms with Gasteiger partial charge in [-0.2, -0.15) is 4.98 Å². The van der Waals surface area contributed by atoms with Crippen LogP contribution in [0.1, 0.15) is 43.5 Å². The molecule has 112 valence electrons. The van der Waals surface area contributed by atoms with Crippen LogP contribution >= 0.6 is 11.6 Å². The zero-order valence-corrected chi connectivity index (χ0v) is 12.8. The molecule has 0 aliphatic rings. The van der Waals surface area contributed by atoms with Crippen molar-refractivity contribution in [2.45, 2.75) is 32.6 Å². The molecule has 0 spiro atoms. The van der Waals surface area contributed by atoms with Crippen LogP contribution in [0.4, 0.5) is 0 Å². The second-order valence-electron chi connectivity index (χ2n) is 4.56. The fourth-order valence-electron chi connectivity index (χ4n) is 1.95. The molecule has 1 aromatic carbocycles. The molecule has 0 bridgehead atoms. The van der Waals surface area contributed by atoms with E-state index in [1.165, 1.54) is 0 Å². The van der Waals surface area contributed by atoms with Crippen LogP contribution in [-0.2, 0) is 16.0 Å². The highest BCUT2D eigenvalue weighted by Crippen LogP contribution is 2.20. The van der Waals surface area contributed by atoms with Gasteiger partial charge >= 0.3 is 5.97 Å². The standard InChI is InChI=1S/C15H17ClN2O3/c1-3-12(15(19)20-4-2)14-17-13(18-21-14)9-10-5-7-11(16)8-6-10/h5-8,12H,3-4,9H2,1-2H3. The van der Waals surface area contributed by atoms with E-state index in [1.807, 2.05) is 31.2 Å². The van der Waals surface area contributed by atoms with Crippen LogP contribution in [0.15, 0.2) is 28.8 Å². The van der Waals surface area contributed by atoms with E-state index < -0.39 is 5.92 Å². The van der Waals surface area contributed by atoms with Crippen LogP contribution in [-0.4, -0.2) is 22.7 Å². The fraction of sp³-hybridized carbons (Fsp3) is 0.400. The van der Waals surface area contributed by atoms with Gasteiger partial charge in [-0.25, -0.2) is 0 Å². The Morgan fingerprint density at radius 2 is 2.05 bits per heavy atom. The lowest BCUT2D eigenvalue weighted by atomic mass is 10.1. The third kappa shape index (κ3) is 4.04. The van der Waals surface area contributed by atoms with Gasteiger partial charge < -0.3 is 9.26 Å². The molecule has 21 heavy (non-hydrogen) atoms. The minimum absolute atomic E-state index is 0.305. The number of esters is 1. The van der Waals surface area contributed by atoms with Crippen molar-refractivity contribution in [2.24, 2.45) is 0 Å². The summed E-state index contributed by atoms with van der Waals surface area (Å²) in [5, 5.41) is 4.60. The number of aromatic nitrogens is 2. The molecule has 2 aromatic rings. The Kier molecular flexibility index (Phi) is 5.33. The van der Waals surface area contributed by atoms with Gasteiger partial charge in [0.15, 0.2) is 5.82 Å². The van der Waals surface area contributed by atoms with E-state index in [0.717, 1.165) is 5.56 Å². The topological polar surface area (TPSA) is 65.2 Å². The molecule has 0 saturated carbocycles. The van der Waals surface area contributed by atoms with Crippen LogP contribution in [0, 0.1) is 0 Å². The van der Waals surface area contributed by atoms with E-state index in [-0.39, 0.29) is 5.97 Å². The number of hydrogen-bond acceptors (Lipinski definition) is 5. The molecule has 6 heteroatoms. The molecule has 0 N–H and O–H groups in total. The van der Waals surface area contributed by atoms with Gasteiger partial charge in [-0.05, 0) is 31.0 Å². The van der Waals surface area contributed by atoms with Crippen LogP contribution in [0.3, 0.4) is 0 Å². The molecular weight excluding hydrogens is 292 g/mol. The number of ether oxygens (including phenoxy) is 1. The van der Waals surface area contributed by atoms with Gasteiger partial charge in [-0.1, -0.05) is 35.8 Å². The van der Waals surface area contributed by atoms with Crippen molar-refractivity contribution in [2.75, 3.05) is 6.61 Å². The van der Waals surface area contributed by atoms with Gasteiger partial charge in [0.1, 0.15) is 5.92 Å². The molecular formula is C15H17ClN2O3. The zero-order chi connectivity index (χ0) is 15.2. The summed E-state index contributed by atoms with van der Waals surface area (Å²) in [7, 11) is 0. The zero-order valence-electron chi connectivity index (χ0n) is 12.0. The van der Waals surface area contributed by atoms with Crippen molar-refractivity contribution in [3.05, 3.63) is 46.6 Å². The molecule has 0 radical (unpaired) electrons. The molecule has 0 amide bonds. The normalized spacial score (nSPS) is 12.1. The average Bonchev–Trinajstić information content (AvgIpc) is 2.91. The van der Waals surface area contributed by atoms with E-state index in [1.54, 1.807) is 6.92 Å². The summed E-state index contributed by atoms with van der Waals surface area (Å²) in [6.45, 7) is 3.98. The minimum Gasteiger partial charge on any atom is -0.465 e. The van der Waals surface area contributed by atoms with Crippen LogP contribution in [0.5, 0.6) is 0 Å². The number of nitrogens with zero attached hydrogens (tertiary/aromatic N) is 2. The first-order chi connectivity index (χ1) is 10.1. The summed E-state index contributed by atoms with van der Waals surface area (Å²) in [6.07, 6.45) is 1.08. The predicted molar refractivity (Wildman–Crippen MR) is 78.2 cm³/mol. The van der Waals surface area contributed by atoms with Crippen molar-refractivity contribution < 1.29 is 14.1 Å². The summed E-state index contributed by atoms with van der Waals surface area (Å²) < 4.78 is 10.2. The lowest BCUT2D eigenvalue weighted by Gasteiger charge is -2.08. The SMILES string of the molecule is CCOC(=O)C(CC)c1nc(Cc2ccc(Cl)cc2)no1. The maximum absolute atomic E-state index is 11.8. The van der Waals surface area contributed by atoms with E-state index in [0.29, 0.717) is 36.2 Å². The third-order valence-electron chi connectivity index (χ3n) is 3.04. The minimum atomic E-state index is -0.503. The lowest BCUT2D eigenvalue weighted by Crippen LogP contribution is -2.15.